The maximum Gasteiger partial charge on any atom is 0.316 e. The van der Waals surface area contributed by atoms with Gasteiger partial charge in [0, 0.05) is 13.5 Å². The predicted octanol–water partition coefficient (Wildman–Crippen LogP) is 1.56. The van der Waals surface area contributed by atoms with Crippen LogP contribution in [0.25, 0.3) is 0 Å². The average molecular weight is 316 g/mol. The van der Waals surface area contributed by atoms with Gasteiger partial charge in [-0.25, -0.2) is 0 Å². The molecule has 0 atom stereocenters. The van der Waals surface area contributed by atoms with Crippen LogP contribution in [0.4, 0.5) is 0 Å². The molecule has 7 nitrogen and oxygen atoms in total. The maximum absolute atomic E-state index is 11.6. The number of rotatable bonds is 11. The van der Waals surface area contributed by atoms with E-state index in [1.54, 1.807) is 0 Å². The molecule has 126 valence electrons. The van der Waals surface area contributed by atoms with Crippen LogP contribution in [0.2, 0.25) is 0 Å². The molecule has 0 saturated carbocycles. The highest BCUT2D eigenvalue weighted by Gasteiger charge is 2.34. The summed E-state index contributed by atoms with van der Waals surface area (Å²) in [4.78, 5) is 45.1. The molecule has 0 radical (unpaired) electrons. The van der Waals surface area contributed by atoms with Gasteiger partial charge in [-0.3, -0.25) is 19.2 Å². The average Bonchev–Trinajstić information content (AvgIpc) is 2.31. The largest absolute Gasteiger partial charge is 0.420 e. The third-order valence-corrected chi connectivity index (χ3v) is 2.45. The van der Waals surface area contributed by atoms with E-state index in [0.717, 1.165) is 12.8 Å². The number of ether oxygens (including phenoxy) is 3. The van der Waals surface area contributed by atoms with Crippen molar-refractivity contribution >= 4 is 23.5 Å². The van der Waals surface area contributed by atoms with Crippen LogP contribution in [-0.4, -0.2) is 42.5 Å². The van der Waals surface area contributed by atoms with Gasteiger partial charge in [0.2, 0.25) is 0 Å². The lowest BCUT2D eigenvalue weighted by atomic mass is 10.3. The molecule has 0 N–H and O–H groups in total. The highest BCUT2D eigenvalue weighted by atomic mass is 16.7. The molecule has 0 spiro atoms. The summed E-state index contributed by atoms with van der Waals surface area (Å²) in [5.74, 6) is -4.02. The van der Waals surface area contributed by atoms with Crippen LogP contribution in [0, 0.1) is 0 Å². The minimum Gasteiger partial charge on any atom is -0.420 e. The molecule has 0 aliphatic rings. The number of Topliss-reactive ketones (excluding diaryl/α,β-unsaturated/α-hetero) is 2. The summed E-state index contributed by atoms with van der Waals surface area (Å²) in [6.45, 7) is 6.09. The Bertz CT molecular complexity index is 384. The number of ketones is 2. The fourth-order valence-electron chi connectivity index (χ4n) is 1.54. The zero-order valence-corrected chi connectivity index (χ0v) is 13.6. The Labute approximate surface area is 130 Å². The number of hydrogen-bond donors (Lipinski definition) is 0. The first-order valence-corrected chi connectivity index (χ1v) is 7.19. The lowest BCUT2D eigenvalue weighted by Gasteiger charge is -2.28. The summed E-state index contributed by atoms with van der Waals surface area (Å²) in [7, 11) is 0. The topological polar surface area (TPSA) is 96.0 Å². The zero-order valence-electron chi connectivity index (χ0n) is 13.6. The van der Waals surface area contributed by atoms with E-state index >= 15 is 0 Å². The highest BCUT2D eigenvalue weighted by Crippen LogP contribution is 2.16. The molecule has 7 heteroatoms. The number of hydrogen-bond acceptors (Lipinski definition) is 7. The van der Waals surface area contributed by atoms with Crippen molar-refractivity contribution in [2.75, 3.05) is 13.2 Å². The van der Waals surface area contributed by atoms with E-state index in [-0.39, 0.29) is 18.2 Å². The van der Waals surface area contributed by atoms with Crippen LogP contribution in [0.15, 0.2) is 0 Å². The number of esters is 2. The van der Waals surface area contributed by atoms with Crippen LogP contribution in [0.5, 0.6) is 0 Å². The van der Waals surface area contributed by atoms with Crippen LogP contribution in [0.1, 0.15) is 53.4 Å². The van der Waals surface area contributed by atoms with E-state index in [1.165, 1.54) is 20.8 Å². The normalized spacial score (nSPS) is 10.9. The van der Waals surface area contributed by atoms with Gasteiger partial charge in [-0.1, -0.05) is 13.3 Å². The van der Waals surface area contributed by atoms with Crippen molar-refractivity contribution in [1.82, 2.24) is 0 Å². The molecule has 0 aliphatic heterocycles. The van der Waals surface area contributed by atoms with Gasteiger partial charge in [-0.2, -0.15) is 0 Å². The van der Waals surface area contributed by atoms with Gasteiger partial charge in [-0.15, -0.1) is 0 Å². The van der Waals surface area contributed by atoms with Crippen LogP contribution in [-0.2, 0) is 33.4 Å². The molecule has 0 rings (SSSR count). The lowest BCUT2D eigenvalue weighted by Crippen LogP contribution is -2.42. The standard InChI is InChI=1S/C15H24O7/c1-5-6-7-20-10-15(4,21-13(18)8-11(2)16)22-14(19)9-12(3)17/h5-10H2,1-4H3. The highest BCUT2D eigenvalue weighted by molar-refractivity contribution is 5.95. The third-order valence-electron chi connectivity index (χ3n) is 2.45. The third kappa shape index (κ3) is 10.0. The van der Waals surface area contributed by atoms with E-state index in [1.807, 2.05) is 6.92 Å². The molecule has 0 bridgehead atoms. The van der Waals surface area contributed by atoms with Gasteiger partial charge in [0.15, 0.2) is 0 Å². The van der Waals surface area contributed by atoms with Crippen molar-refractivity contribution in [3.8, 4) is 0 Å². The van der Waals surface area contributed by atoms with Gasteiger partial charge < -0.3 is 14.2 Å². The van der Waals surface area contributed by atoms with Crippen LogP contribution >= 0.6 is 0 Å². The zero-order chi connectivity index (χ0) is 17.2. The Hall–Kier alpha value is -1.76. The number of carbonyl (C=O) groups excluding carboxylic acids is 4. The molecule has 0 aromatic carbocycles. The minimum atomic E-state index is -1.66. The first-order chi connectivity index (χ1) is 10.2. The lowest BCUT2D eigenvalue weighted by molar-refractivity contribution is -0.237. The fourth-order valence-corrected chi connectivity index (χ4v) is 1.54. The molecule has 0 heterocycles. The van der Waals surface area contributed by atoms with E-state index in [0.29, 0.717) is 6.61 Å². The van der Waals surface area contributed by atoms with E-state index in [9.17, 15) is 19.2 Å². The first kappa shape index (κ1) is 20.2. The summed E-state index contributed by atoms with van der Waals surface area (Å²) >= 11 is 0. The minimum absolute atomic E-state index is 0.166. The molecule has 0 unspecified atom stereocenters. The van der Waals surface area contributed by atoms with Crippen molar-refractivity contribution in [3.05, 3.63) is 0 Å². The van der Waals surface area contributed by atoms with E-state index in [4.69, 9.17) is 14.2 Å². The van der Waals surface area contributed by atoms with Gasteiger partial charge >= 0.3 is 11.9 Å². The smallest absolute Gasteiger partial charge is 0.316 e. The summed E-state index contributed by atoms with van der Waals surface area (Å²) in [5, 5.41) is 0. The van der Waals surface area contributed by atoms with Crippen LogP contribution < -0.4 is 0 Å². The molecular formula is C15H24O7. The Morgan fingerprint density at radius 1 is 0.909 bits per heavy atom. The SMILES string of the molecule is CCCCOCC(C)(OC(=O)CC(C)=O)OC(=O)CC(C)=O. The van der Waals surface area contributed by atoms with Crippen molar-refractivity contribution in [2.24, 2.45) is 0 Å². The second-order valence-electron chi connectivity index (χ2n) is 5.25. The molecule has 0 saturated heterocycles. The molecule has 0 fully saturated rings. The predicted molar refractivity (Wildman–Crippen MR) is 76.9 cm³/mol. The first-order valence-electron chi connectivity index (χ1n) is 7.19. The Morgan fingerprint density at radius 3 is 1.73 bits per heavy atom. The number of unbranched alkanes of at least 4 members (excludes halogenated alkanes) is 1. The van der Waals surface area contributed by atoms with E-state index in [2.05, 4.69) is 0 Å². The number of carbonyl (C=O) groups is 4. The second-order valence-corrected chi connectivity index (χ2v) is 5.25. The maximum atomic E-state index is 11.6. The Morgan fingerprint density at radius 2 is 1.36 bits per heavy atom. The van der Waals surface area contributed by atoms with Crippen molar-refractivity contribution in [3.63, 3.8) is 0 Å². The Kier molecular flexibility index (Phi) is 9.24. The van der Waals surface area contributed by atoms with Crippen molar-refractivity contribution in [1.29, 1.82) is 0 Å². The summed E-state index contributed by atoms with van der Waals surface area (Å²) in [6, 6.07) is 0. The van der Waals surface area contributed by atoms with Gasteiger partial charge in [-0.05, 0) is 20.3 Å². The molecule has 0 aromatic rings. The fraction of sp³-hybridized carbons (Fsp3) is 0.733. The summed E-state index contributed by atoms with van der Waals surface area (Å²) < 4.78 is 15.4. The molecular weight excluding hydrogens is 292 g/mol. The Balaban J connectivity index is 4.71. The van der Waals surface area contributed by atoms with Crippen LogP contribution in [0.3, 0.4) is 0 Å². The summed E-state index contributed by atoms with van der Waals surface area (Å²) in [5.41, 5.74) is 0. The monoisotopic (exact) mass is 316 g/mol. The molecule has 0 aromatic heterocycles. The quantitative estimate of drug-likeness (QED) is 0.247. The molecule has 22 heavy (non-hydrogen) atoms. The summed E-state index contributed by atoms with van der Waals surface area (Å²) in [6.07, 6.45) is 0.882. The van der Waals surface area contributed by atoms with Gasteiger partial charge in [0.05, 0.1) is 0 Å². The molecule has 0 amide bonds. The van der Waals surface area contributed by atoms with E-state index < -0.39 is 30.6 Å². The van der Waals surface area contributed by atoms with Gasteiger partial charge in [0.1, 0.15) is 31.0 Å². The van der Waals surface area contributed by atoms with Crippen molar-refractivity contribution in [2.45, 2.75) is 59.2 Å². The molecule has 0 aliphatic carbocycles. The second kappa shape index (κ2) is 10.0. The van der Waals surface area contributed by atoms with Crippen molar-refractivity contribution < 1.29 is 33.4 Å². The van der Waals surface area contributed by atoms with Gasteiger partial charge in [0.25, 0.3) is 5.79 Å².